The SMILES string of the molecule is CC(C)[Si](/C([N+]#N)=C(O)/C=C/CCc1ccccc1)(C(C)C)C(C)C. The van der Waals surface area contributed by atoms with Gasteiger partial charge in [0.2, 0.25) is 13.5 Å². The van der Waals surface area contributed by atoms with Crippen LogP contribution < -0.4 is 0 Å². The van der Waals surface area contributed by atoms with E-state index in [9.17, 15) is 10.5 Å². The number of benzene rings is 1. The number of nitrogens with zero attached hydrogens (tertiary/aromatic N) is 2. The lowest BCUT2D eigenvalue weighted by atomic mass is 10.1. The molecule has 1 N–H and O–H groups in total. The first-order valence-electron chi connectivity index (χ1n) is 9.27. The third kappa shape index (κ3) is 4.82. The quantitative estimate of drug-likeness (QED) is 0.235. The highest BCUT2D eigenvalue weighted by molar-refractivity contribution is 6.90. The van der Waals surface area contributed by atoms with E-state index in [1.807, 2.05) is 24.3 Å². The Hall–Kier alpha value is -1.86. The first-order valence-corrected chi connectivity index (χ1v) is 11.5. The molecule has 1 aromatic rings. The summed E-state index contributed by atoms with van der Waals surface area (Å²) in [4.78, 5) is 3.60. The second-order valence-electron chi connectivity index (χ2n) is 7.66. The minimum absolute atomic E-state index is 0.123. The fourth-order valence-corrected chi connectivity index (χ4v) is 10.7. The van der Waals surface area contributed by atoms with Crippen LogP contribution in [0.15, 0.2) is 53.6 Å². The van der Waals surface area contributed by atoms with E-state index in [0.29, 0.717) is 21.9 Å². The fraction of sp³-hybridized carbons (Fsp3) is 0.524. The van der Waals surface area contributed by atoms with Gasteiger partial charge in [-0.15, -0.1) is 0 Å². The molecule has 0 heterocycles. The van der Waals surface area contributed by atoms with Crippen molar-refractivity contribution < 1.29 is 5.11 Å². The van der Waals surface area contributed by atoms with Gasteiger partial charge in [0, 0.05) is 0 Å². The predicted octanol–water partition coefficient (Wildman–Crippen LogP) is 7.02. The molecule has 25 heavy (non-hydrogen) atoms. The second-order valence-corrected chi connectivity index (χ2v) is 13.5. The van der Waals surface area contributed by atoms with Gasteiger partial charge in [0.15, 0.2) is 10.7 Å². The van der Waals surface area contributed by atoms with E-state index in [1.165, 1.54) is 5.56 Å². The summed E-state index contributed by atoms with van der Waals surface area (Å²) in [6.45, 7) is 13.1. The number of aryl methyl sites for hydroxylation is 1. The number of allylic oxidation sites excluding steroid dienone is 2. The summed E-state index contributed by atoms with van der Waals surface area (Å²) in [6, 6.07) is 10.3. The molecule has 0 spiro atoms. The number of aliphatic hydroxyl groups excluding tert-OH is 1. The minimum atomic E-state index is -2.18. The number of diazo groups is 1. The summed E-state index contributed by atoms with van der Waals surface area (Å²) in [5.74, 6) is 0.123. The van der Waals surface area contributed by atoms with Crippen LogP contribution in [0.5, 0.6) is 0 Å². The van der Waals surface area contributed by atoms with Gasteiger partial charge in [-0.25, -0.2) is 0 Å². The highest BCUT2D eigenvalue weighted by atomic mass is 28.3. The minimum Gasteiger partial charge on any atom is -0.502 e. The molecule has 0 saturated carbocycles. The zero-order valence-electron chi connectivity index (χ0n) is 16.5. The molecule has 0 radical (unpaired) electrons. The Morgan fingerprint density at radius 1 is 1.04 bits per heavy atom. The summed E-state index contributed by atoms with van der Waals surface area (Å²) in [6.07, 6.45) is 5.45. The van der Waals surface area contributed by atoms with Crippen LogP contribution in [0.4, 0.5) is 0 Å². The number of rotatable bonds is 8. The van der Waals surface area contributed by atoms with Gasteiger partial charge in [0.05, 0.1) is 0 Å². The molecule has 0 aliphatic carbocycles. The Labute approximate surface area is 154 Å². The largest absolute Gasteiger partial charge is 0.502 e. The third-order valence-electron chi connectivity index (χ3n) is 5.34. The molecular formula is C21H33N2OSi+. The monoisotopic (exact) mass is 357 g/mol. The molecule has 136 valence electrons. The molecular weight excluding hydrogens is 324 g/mol. The van der Waals surface area contributed by atoms with Crippen LogP contribution in [0, 0.1) is 5.39 Å². The van der Waals surface area contributed by atoms with Crippen molar-refractivity contribution in [1.29, 1.82) is 5.39 Å². The number of aliphatic hydroxyl groups is 1. The maximum absolute atomic E-state index is 10.7. The summed E-state index contributed by atoms with van der Waals surface area (Å²) < 4.78 is 0. The van der Waals surface area contributed by atoms with Crippen LogP contribution in [0.2, 0.25) is 16.6 Å². The first kappa shape index (κ1) is 21.2. The fourth-order valence-electron chi connectivity index (χ4n) is 4.35. The third-order valence-corrected chi connectivity index (χ3v) is 12.2. The average Bonchev–Trinajstić information content (AvgIpc) is 2.55. The predicted molar refractivity (Wildman–Crippen MR) is 110 cm³/mol. The molecule has 0 bridgehead atoms. The van der Waals surface area contributed by atoms with Gasteiger partial charge in [-0.1, -0.05) is 78.0 Å². The molecule has 0 atom stereocenters. The molecule has 0 aliphatic rings. The van der Waals surface area contributed by atoms with Crippen LogP contribution in [0.1, 0.15) is 53.5 Å². The summed E-state index contributed by atoms with van der Waals surface area (Å²) >= 11 is 0. The highest BCUT2D eigenvalue weighted by Gasteiger charge is 2.56. The van der Waals surface area contributed by atoms with E-state index in [2.05, 4.69) is 58.7 Å². The Morgan fingerprint density at radius 3 is 2.00 bits per heavy atom. The smallest absolute Gasteiger partial charge is 0.367 e. The second kappa shape index (κ2) is 9.58. The van der Waals surface area contributed by atoms with Crippen molar-refractivity contribution in [3.8, 4) is 0 Å². The van der Waals surface area contributed by atoms with Crippen molar-refractivity contribution in [2.45, 2.75) is 71.0 Å². The van der Waals surface area contributed by atoms with Crippen LogP contribution in [-0.4, -0.2) is 13.2 Å². The summed E-state index contributed by atoms with van der Waals surface area (Å²) in [5.41, 5.74) is 2.40. The Morgan fingerprint density at radius 2 is 1.56 bits per heavy atom. The zero-order valence-corrected chi connectivity index (χ0v) is 17.5. The van der Waals surface area contributed by atoms with E-state index in [-0.39, 0.29) is 5.76 Å². The number of hydrogen-bond acceptors (Lipinski definition) is 2. The van der Waals surface area contributed by atoms with Gasteiger partial charge in [-0.3, -0.25) is 0 Å². The Balaban J connectivity index is 3.07. The van der Waals surface area contributed by atoms with Crippen molar-refractivity contribution in [3.05, 3.63) is 64.1 Å². The maximum atomic E-state index is 10.7. The zero-order chi connectivity index (χ0) is 19.0. The van der Waals surface area contributed by atoms with Gasteiger partial charge in [-0.05, 0) is 41.1 Å². The highest BCUT2D eigenvalue weighted by Crippen LogP contribution is 2.47. The van der Waals surface area contributed by atoms with E-state index in [4.69, 9.17) is 0 Å². The first-order chi connectivity index (χ1) is 11.8. The molecule has 3 nitrogen and oxygen atoms in total. The molecule has 0 amide bonds. The van der Waals surface area contributed by atoms with Crippen molar-refractivity contribution in [2.24, 2.45) is 0 Å². The molecule has 0 aromatic heterocycles. The molecule has 0 fully saturated rings. The molecule has 4 heteroatoms. The van der Waals surface area contributed by atoms with E-state index in [1.54, 1.807) is 6.08 Å². The Kier molecular flexibility index (Phi) is 8.11. The lowest BCUT2D eigenvalue weighted by molar-refractivity contribution is 0.428. The van der Waals surface area contributed by atoms with Crippen molar-refractivity contribution in [1.82, 2.24) is 0 Å². The van der Waals surface area contributed by atoms with Crippen LogP contribution in [0.3, 0.4) is 0 Å². The van der Waals surface area contributed by atoms with Gasteiger partial charge in [-0.2, -0.15) is 0 Å². The Bertz CT molecular complexity index is 618. The van der Waals surface area contributed by atoms with Gasteiger partial charge < -0.3 is 5.11 Å². The van der Waals surface area contributed by atoms with Crippen LogP contribution in [-0.2, 0) is 6.42 Å². The molecule has 0 unspecified atom stereocenters. The maximum Gasteiger partial charge on any atom is 0.367 e. The standard InChI is InChI=1S/C21H32N2OSi/c1-16(2)25(17(3)4,18(5)6)21(23-22)20(24)15-11-10-14-19-12-8-7-9-13-19/h7-9,11-13,15-18H,10,14H2,1-6H3/p+1/b15-11+,21-20-. The normalized spacial score (nSPS) is 13.6. The van der Waals surface area contributed by atoms with Crippen molar-refractivity contribution in [3.63, 3.8) is 0 Å². The van der Waals surface area contributed by atoms with E-state index < -0.39 is 8.07 Å². The lowest BCUT2D eigenvalue weighted by Gasteiger charge is -2.36. The van der Waals surface area contributed by atoms with Gasteiger partial charge in [0.25, 0.3) is 0 Å². The summed E-state index contributed by atoms with van der Waals surface area (Å²) in [5, 5.41) is 20.9. The van der Waals surface area contributed by atoms with Gasteiger partial charge in [0.1, 0.15) is 0 Å². The van der Waals surface area contributed by atoms with Crippen molar-refractivity contribution >= 4 is 8.07 Å². The van der Waals surface area contributed by atoms with E-state index >= 15 is 0 Å². The van der Waals surface area contributed by atoms with E-state index in [0.717, 1.165) is 12.8 Å². The topological polar surface area (TPSA) is 48.4 Å². The lowest BCUT2D eigenvalue weighted by Crippen LogP contribution is -2.46. The molecule has 1 rings (SSSR count). The van der Waals surface area contributed by atoms with Crippen molar-refractivity contribution in [2.75, 3.05) is 0 Å². The van der Waals surface area contributed by atoms with Crippen LogP contribution in [0.25, 0.3) is 4.98 Å². The molecule has 1 aromatic carbocycles. The van der Waals surface area contributed by atoms with Crippen LogP contribution >= 0.6 is 0 Å². The van der Waals surface area contributed by atoms with Gasteiger partial charge >= 0.3 is 5.32 Å². The number of hydrogen-bond donors (Lipinski definition) is 1. The molecule has 0 aliphatic heterocycles. The molecule has 0 saturated heterocycles. The summed E-state index contributed by atoms with van der Waals surface area (Å²) in [7, 11) is -2.18. The average molecular weight is 358 g/mol.